The number of benzene rings is 1. The number of fused-ring (bicyclic) bond motifs is 1. The van der Waals surface area contributed by atoms with E-state index in [9.17, 15) is 4.79 Å². The third-order valence-corrected chi connectivity index (χ3v) is 5.37. The second kappa shape index (κ2) is 5.15. The Morgan fingerprint density at radius 2 is 2.00 bits per heavy atom. The third kappa shape index (κ3) is 2.15. The average molecular weight is 298 g/mol. The normalized spacial score (nSPS) is 22.4. The molecule has 2 aliphatic carbocycles. The molecule has 0 amide bonds. The Morgan fingerprint density at radius 1 is 1.18 bits per heavy atom. The molecular weight excluding hydrogens is 276 g/mol. The molecule has 0 radical (unpaired) electrons. The summed E-state index contributed by atoms with van der Waals surface area (Å²) in [5.74, 6) is 2.13. The largest absolute Gasteiger partial charge is 0.493 e. The van der Waals surface area contributed by atoms with Crippen LogP contribution in [0.3, 0.4) is 0 Å². The van der Waals surface area contributed by atoms with Crippen molar-refractivity contribution in [2.24, 2.45) is 0 Å². The summed E-state index contributed by atoms with van der Waals surface area (Å²) in [7, 11) is 1.71. The topological polar surface area (TPSA) is 35.5 Å². The van der Waals surface area contributed by atoms with E-state index in [4.69, 9.17) is 9.47 Å². The molecule has 1 heterocycles. The molecule has 1 fully saturated rings. The van der Waals surface area contributed by atoms with E-state index in [1.54, 1.807) is 7.11 Å². The van der Waals surface area contributed by atoms with Gasteiger partial charge in [0.1, 0.15) is 11.4 Å². The van der Waals surface area contributed by atoms with Gasteiger partial charge in [0.05, 0.1) is 7.11 Å². The average Bonchev–Trinajstić information content (AvgIpc) is 3.14. The van der Waals surface area contributed by atoms with Crippen molar-refractivity contribution in [2.45, 2.75) is 57.0 Å². The SMILES string of the molecule is COc1ccc(C2=CCC(=O)CC2)c2c1OC1(CCCC1)C2. The van der Waals surface area contributed by atoms with Gasteiger partial charge in [-0.1, -0.05) is 12.1 Å². The van der Waals surface area contributed by atoms with Crippen LogP contribution in [0.4, 0.5) is 0 Å². The number of ether oxygens (including phenoxy) is 2. The van der Waals surface area contributed by atoms with E-state index in [1.165, 1.54) is 29.5 Å². The van der Waals surface area contributed by atoms with Crippen LogP contribution >= 0.6 is 0 Å². The zero-order chi connectivity index (χ0) is 15.2. The minimum Gasteiger partial charge on any atom is -0.493 e. The summed E-state index contributed by atoms with van der Waals surface area (Å²) in [6.45, 7) is 0. The summed E-state index contributed by atoms with van der Waals surface area (Å²) in [6, 6.07) is 4.16. The number of methoxy groups -OCH3 is 1. The van der Waals surface area contributed by atoms with E-state index in [0.29, 0.717) is 18.6 Å². The Labute approximate surface area is 131 Å². The number of ketones is 1. The second-order valence-electron chi connectivity index (χ2n) is 6.76. The van der Waals surface area contributed by atoms with Crippen molar-refractivity contribution in [1.29, 1.82) is 0 Å². The molecule has 116 valence electrons. The maximum atomic E-state index is 11.5. The van der Waals surface area contributed by atoms with Crippen LogP contribution in [0.15, 0.2) is 18.2 Å². The lowest BCUT2D eigenvalue weighted by atomic mass is 9.86. The molecule has 22 heavy (non-hydrogen) atoms. The third-order valence-electron chi connectivity index (χ3n) is 5.37. The minimum absolute atomic E-state index is 0.00321. The highest BCUT2D eigenvalue weighted by Crippen LogP contribution is 2.51. The lowest BCUT2D eigenvalue weighted by Gasteiger charge is -2.22. The highest BCUT2D eigenvalue weighted by molar-refractivity contribution is 5.88. The van der Waals surface area contributed by atoms with Crippen molar-refractivity contribution in [2.75, 3.05) is 7.11 Å². The molecule has 0 saturated heterocycles. The Hall–Kier alpha value is -1.77. The molecule has 1 aliphatic heterocycles. The van der Waals surface area contributed by atoms with E-state index < -0.39 is 0 Å². The van der Waals surface area contributed by atoms with Gasteiger partial charge < -0.3 is 9.47 Å². The van der Waals surface area contributed by atoms with Crippen molar-refractivity contribution in [3.8, 4) is 11.5 Å². The molecule has 0 unspecified atom stereocenters. The molecule has 0 N–H and O–H groups in total. The summed E-state index contributed by atoms with van der Waals surface area (Å²) < 4.78 is 11.9. The fourth-order valence-electron chi connectivity index (χ4n) is 4.19. The van der Waals surface area contributed by atoms with Gasteiger partial charge in [-0.2, -0.15) is 0 Å². The van der Waals surface area contributed by atoms with Crippen LogP contribution in [0.25, 0.3) is 5.57 Å². The molecule has 3 heteroatoms. The molecule has 0 aromatic heterocycles. The van der Waals surface area contributed by atoms with E-state index in [-0.39, 0.29) is 5.60 Å². The number of Topliss-reactive ketones (excluding diaryl/α,β-unsaturated/α-hetero) is 1. The molecule has 0 bridgehead atoms. The number of carbonyl (C=O) groups excluding carboxylic acids is 1. The van der Waals surface area contributed by atoms with Crippen molar-refractivity contribution in [1.82, 2.24) is 0 Å². The van der Waals surface area contributed by atoms with Gasteiger partial charge in [-0.05, 0) is 49.3 Å². The predicted octanol–water partition coefficient (Wildman–Crippen LogP) is 4.08. The van der Waals surface area contributed by atoms with Crippen LogP contribution < -0.4 is 9.47 Å². The van der Waals surface area contributed by atoms with E-state index in [0.717, 1.165) is 37.2 Å². The lowest BCUT2D eigenvalue weighted by molar-refractivity contribution is -0.118. The Morgan fingerprint density at radius 3 is 2.68 bits per heavy atom. The molecule has 1 aromatic carbocycles. The summed E-state index contributed by atoms with van der Waals surface area (Å²) in [6.07, 6.45) is 9.97. The zero-order valence-electron chi connectivity index (χ0n) is 13.1. The summed E-state index contributed by atoms with van der Waals surface area (Å²) >= 11 is 0. The molecular formula is C19H22O3. The van der Waals surface area contributed by atoms with E-state index in [1.807, 2.05) is 6.07 Å². The second-order valence-corrected chi connectivity index (χ2v) is 6.76. The van der Waals surface area contributed by atoms with Crippen LogP contribution in [-0.2, 0) is 11.2 Å². The first-order chi connectivity index (χ1) is 10.7. The Kier molecular flexibility index (Phi) is 3.24. The number of allylic oxidation sites excluding steroid dienone is 2. The van der Waals surface area contributed by atoms with Crippen molar-refractivity contribution in [3.05, 3.63) is 29.3 Å². The predicted molar refractivity (Wildman–Crippen MR) is 85.4 cm³/mol. The first-order valence-corrected chi connectivity index (χ1v) is 8.31. The van der Waals surface area contributed by atoms with Crippen LogP contribution in [-0.4, -0.2) is 18.5 Å². The monoisotopic (exact) mass is 298 g/mol. The molecule has 1 spiro atoms. The van der Waals surface area contributed by atoms with Gasteiger partial charge in [-0.15, -0.1) is 0 Å². The molecule has 4 rings (SSSR count). The zero-order valence-corrected chi connectivity index (χ0v) is 13.1. The fraction of sp³-hybridized carbons (Fsp3) is 0.526. The molecule has 3 aliphatic rings. The highest BCUT2D eigenvalue weighted by atomic mass is 16.5. The van der Waals surface area contributed by atoms with Gasteiger partial charge in [0.25, 0.3) is 0 Å². The standard InChI is InChI=1S/C19H22O3/c1-21-17-9-8-15(13-4-6-14(20)7-5-13)16-12-19(22-18(16)17)10-2-3-11-19/h4,8-9H,2-3,5-7,10-12H2,1H3. The fourth-order valence-corrected chi connectivity index (χ4v) is 4.19. The molecule has 3 nitrogen and oxygen atoms in total. The Balaban J connectivity index is 1.76. The lowest BCUT2D eigenvalue weighted by Crippen LogP contribution is -2.30. The number of rotatable bonds is 2. The number of carbonyl (C=O) groups is 1. The maximum Gasteiger partial charge on any atom is 0.165 e. The van der Waals surface area contributed by atoms with E-state index in [2.05, 4.69) is 12.1 Å². The van der Waals surface area contributed by atoms with Crippen LogP contribution in [0.5, 0.6) is 11.5 Å². The van der Waals surface area contributed by atoms with Gasteiger partial charge >= 0.3 is 0 Å². The summed E-state index contributed by atoms with van der Waals surface area (Å²) in [5.41, 5.74) is 3.86. The first-order valence-electron chi connectivity index (χ1n) is 8.31. The molecule has 1 saturated carbocycles. The van der Waals surface area contributed by atoms with E-state index >= 15 is 0 Å². The van der Waals surface area contributed by atoms with Crippen molar-refractivity contribution >= 4 is 11.4 Å². The van der Waals surface area contributed by atoms with Gasteiger partial charge in [0.2, 0.25) is 0 Å². The number of hydrogen-bond acceptors (Lipinski definition) is 3. The summed E-state index contributed by atoms with van der Waals surface area (Å²) in [5, 5.41) is 0. The smallest absolute Gasteiger partial charge is 0.165 e. The Bertz CT molecular complexity index is 651. The first kappa shape index (κ1) is 13.9. The van der Waals surface area contributed by atoms with Crippen molar-refractivity contribution < 1.29 is 14.3 Å². The van der Waals surface area contributed by atoms with Crippen LogP contribution in [0.1, 0.15) is 56.1 Å². The van der Waals surface area contributed by atoms with Gasteiger partial charge in [0, 0.05) is 24.8 Å². The molecule has 0 atom stereocenters. The highest BCUT2D eigenvalue weighted by Gasteiger charge is 2.44. The van der Waals surface area contributed by atoms with Crippen molar-refractivity contribution in [3.63, 3.8) is 0 Å². The minimum atomic E-state index is -0.00321. The maximum absolute atomic E-state index is 11.5. The number of hydrogen-bond donors (Lipinski definition) is 0. The summed E-state index contributed by atoms with van der Waals surface area (Å²) in [4.78, 5) is 11.5. The quantitative estimate of drug-likeness (QED) is 0.825. The van der Waals surface area contributed by atoms with Crippen LogP contribution in [0.2, 0.25) is 0 Å². The van der Waals surface area contributed by atoms with Gasteiger partial charge in [-0.3, -0.25) is 4.79 Å². The molecule has 1 aromatic rings. The van der Waals surface area contributed by atoms with Gasteiger partial charge in [0.15, 0.2) is 11.5 Å². The van der Waals surface area contributed by atoms with Crippen LogP contribution in [0, 0.1) is 0 Å². The van der Waals surface area contributed by atoms with Gasteiger partial charge in [-0.25, -0.2) is 0 Å².